The first kappa shape index (κ1) is 3.21. The topological polar surface area (TPSA) is 46.3 Å². The van der Waals surface area contributed by atoms with Crippen LogP contribution in [0.15, 0.2) is 10.8 Å². The van der Waals surface area contributed by atoms with Crippen molar-refractivity contribution in [1.29, 1.82) is 0 Å². The van der Waals surface area contributed by atoms with Gasteiger partial charge in [-0.2, -0.15) is 4.98 Å². The molecule has 3 heteroatoms. The normalized spacial score (nSPS) is 8.67. The van der Waals surface area contributed by atoms with Gasteiger partial charge in [-0.1, -0.05) is 0 Å². The summed E-state index contributed by atoms with van der Waals surface area (Å²) >= 11 is 0. The number of rotatable bonds is 0. The lowest BCUT2D eigenvalue weighted by Gasteiger charge is -1.62. The van der Waals surface area contributed by atoms with Gasteiger partial charge in [-0.3, -0.25) is 0 Å². The Kier molecular flexibility index (Phi) is 0.538. The minimum Gasteiger partial charge on any atom is -0.490 e. The SMILES string of the molecule is Oc1[c]ocn1. The number of hydrogen-bond acceptors (Lipinski definition) is 3. The Balaban J connectivity index is 3.05. The van der Waals surface area contributed by atoms with Crippen molar-refractivity contribution < 1.29 is 9.52 Å². The summed E-state index contributed by atoms with van der Waals surface area (Å²) in [4.78, 5) is 3.25. The number of hydrogen-bond donors (Lipinski definition) is 1. The Morgan fingerprint density at radius 1 is 2.00 bits per heavy atom. The van der Waals surface area contributed by atoms with Crippen LogP contribution >= 0.6 is 0 Å². The van der Waals surface area contributed by atoms with E-state index in [0.29, 0.717) is 0 Å². The quantitative estimate of drug-likeness (QED) is 0.487. The fourth-order valence-corrected chi connectivity index (χ4v) is 0.182. The largest absolute Gasteiger partial charge is 0.490 e. The Morgan fingerprint density at radius 3 is 3.00 bits per heavy atom. The maximum Gasteiger partial charge on any atom is 0.262 e. The van der Waals surface area contributed by atoms with Gasteiger partial charge < -0.3 is 9.52 Å². The summed E-state index contributed by atoms with van der Waals surface area (Å²) in [6, 6.07) is 0. The van der Waals surface area contributed by atoms with E-state index in [0.717, 1.165) is 6.39 Å². The van der Waals surface area contributed by atoms with Crippen molar-refractivity contribution in [2.75, 3.05) is 0 Å². The van der Waals surface area contributed by atoms with Crippen LogP contribution in [-0.2, 0) is 0 Å². The van der Waals surface area contributed by atoms with Gasteiger partial charge in [0, 0.05) is 0 Å². The Hall–Kier alpha value is -0.990. The summed E-state index contributed by atoms with van der Waals surface area (Å²) in [6.07, 6.45) is 3.18. The van der Waals surface area contributed by atoms with Crippen molar-refractivity contribution in [2.24, 2.45) is 0 Å². The molecule has 1 aromatic heterocycles. The van der Waals surface area contributed by atoms with Gasteiger partial charge in [-0.15, -0.1) is 0 Å². The molecular formula is C3H2NO2. The summed E-state index contributed by atoms with van der Waals surface area (Å²) in [7, 11) is 0. The average molecular weight is 84.1 g/mol. The molecule has 0 aliphatic carbocycles. The molecule has 0 aliphatic heterocycles. The first-order valence-electron chi connectivity index (χ1n) is 1.40. The molecule has 1 radical (unpaired) electrons. The molecule has 1 aromatic rings. The van der Waals surface area contributed by atoms with Gasteiger partial charge in [0.2, 0.25) is 6.26 Å². The first-order valence-corrected chi connectivity index (χ1v) is 1.40. The summed E-state index contributed by atoms with van der Waals surface area (Å²) < 4.78 is 4.23. The highest BCUT2D eigenvalue weighted by atomic mass is 16.4. The molecule has 1 heterocycles. The number of oxazole rings is 1. The molecule has 0 unspecified atom stereocenters. The molecule has 0 saturated heterocycles. The lowest BCUT2D eigenvalue weighted by molar-refractivity contribution is 0.444. The van der Waals surface area contributed by atoms with E-state index >= 15 is 0 Å². The molecular weight excluding hydrogens is 82.0 g/mol. The molecule has 0 fully saturated rings. The van der Waals surface area contributed by atoms with Crippen LogP contribution in [0.5, 0.6) is 5.88 Å². The molecule has 1 rings (SSSR count). The van der Waals surface area contributed by atoms with E-state index in [2.05, 4.69) is 15.7 Å². The highest BCUT2D eigenvalue weighted by Gasteiger charge is 1.83. The van der Waals surface area contributed by atoms with Gasteiger partial charge in [0.1, 0.15) is 0 Å². The van der Waals surface area contributed by atoms with Gasteiger partial charge in [-0.25, -0.2) is 0 Å². The van der Waals surface area contributed by atoms with Crippen molar-refractivity contribution in [1.82, 2.24) is 4.98 Å². The van der Waals surface area contributed by atoms with Gasteiger partial charge in [-0.05, 0) is 0 Å². The van der Waals surface area contributed by atoms with Crippen LogP contribution in [0, 0.1) is 6.26 Å². The van der Waals surface area contributed by atoms with Crippen LogP contribution in [0.2, 0.25) is 0 Å². The van der Waals surface area contributed by atoms with Gasteiger partial charge in [0.05, 0.1) is 0 Å². The lowest BCUT2D eigenvalue weighted by atomic mass is 10.9. The summed E-state index contributed by atoms with van der Waals surface area (Å²) in [6.45, 7) is 0. The van der Waals surface area contributed by atoms with Crippen molar-refractivity contribution in [3.8, 4) is 5.88 Å². The summed E-state index contributed by atoms with van der Waals surface area (Å²) in [5.41, 5.74) is 0. The predicted octanol–water partition coefficient (Wildman–Crippen LogP) is 0.180. The molecule has 0 bridgehead atoms. The van der Waals surface area contributed by atoms with E-state index in [9.17, 15) is 0 Å². The predicted molar refractivity (Wildman–Crippen MR) is 17.0 cm³/mol. The van der Waals surface area contributed by atoms with Gasteiger partial charge >= 0.3 is 0 Å². The standard InChI is InChI=1S/C3H2NO2/c5-3-1-6-2-4-3/h2,5H. The molecule has 0 spiro atoms. The fourth-order valence-electron chi connectivity index (χ4n) is 0.182. The maximum atomic E-state index is 8.21. The van der Waals surface area contributed by atoms with Gasteiger partial charge in [0.25, 0.3) is 5.88 Å². The smallest absolute Gasteiger partial charge is 0.262 e. The van der Waals surface area contributed by atoms with E-state index in [1.165, 1.54) is 0 Å². The first-order chi connectivity index (χ1) is 2.89. The van der Waals surface area contributed by atoms with Crippen molar-refractivity contribution in [3.63, 3.8) is 0 Å². The van der Waals surface area contributed by atoms with Crippen molar-refractivity contribution in [2.45, 2.75) is 0 Å². The molecule has 1 N–H and O–H groups in total. The minimum absolute atomic E-state index is 0.199. The highest BCUT2D eigenvalue weighted by molar-refractivity contribution is 4.90. The second-order valence-corrected chi connectivity index (χ2v) is 0.778. The molecule has 0 atom stereocenters. The fraction of sp³-hybridized carbons (Fsp3) is 0. The third kappa shape index (κ3) is 0.337. The Morgan fingerprint density at radius 2 is 2.83 bits per heavy atom. The van der Waals surface area contributed by atoms with Crippen LogP contribution in [0.3, 0.4) is 0 Å². The lowest BCUT2D eigenvalue weighted by Crippen LogP contribution is -1.52. The van der Waals surface area contributed by atoms with Crippen LogP contribution in [0.25, 0.3) is 0 Å². The molecule has 0 aromatic carbocycles. The molecule has 6 heavy (non-hydrogen) atoms. The zero-order valence-electron chi connectivity index (χ0n) is 2.88. The van der Waals surface area contributed by atoms with E-state index in [-0.39, 0.29) is 5.88 Å². The number of aromatic hydroxyl groups is 1. The van der Waals surface area contributed by atoms with E-state index < -0.39 is 0 Å². The Labute approximate surface area is 34.2 Å². The zero-order valence-corrected chi connectivity index (χ0v) is 2.88. The molecule has 3 nitrogen and oxygen atoms in total. The van der Waals surface area contributed by atoms with Crippen LogP contribution in [0.4, 0.5) is 0 Å². The van der Waals surface area contributed by atoms with Crippen LogP contribution in [0.1, 0.15) is 0 Å². The highest BCUT2D eigenvalue weighted by Crippen LogP contribution is 1.96. The number of nitrogens with zero attached hydrogens (tertiary/aromatic N) is 1. The van der Waals surface area contributed by atoms with Crippen LogP contribution in [-0.4, -0.2) is 10.1 Å². The monoisotopic (exact) mass is 84.0 g/mol. The van der Waals surface area contributed by atoms with Gasteiger partial charge in [0.15, 0.2) is 6.39 Å². The van der Waals surface area contributed by atoms with E-state index in [1.54, 1.807) is 0 Å². The summed E-state index contributed by atoms with van der Waals surface area (Å²) in [5, 5.41) is 8.21. The zero-order chi connectivity index (χ0) is 4.41. The maximum absolute atomic E-state index is 8.21. The molecule has 0 amide bonds. The van der Waals surface area contributed by atoms with E-state index in [4.69, 9.17) is 5.11 Å². The van der Waals surface area contributed by atoms with Crippen molar-refractivity contribution >= 4 is 0 Å². The molecule has 0 aliphatic rings. The second kappa shape index (κ2) is 1.01. The Bertz CT molecular complexity index is 112. The molecule has 0 saturated carbocycles. The molecule has 31 valence electrons. The van der Waals surface area contributed by atoms with Crippen molar-refractivity contribution in [3.05, 3.63) is 12.7 Å². The third-order valence-corrected chi connectivity index (χ3v) is 0.378. The van der Waals surface area contributed by atoms with Crippen LogP contribution < -0.4 is 0 Å². The minimum atomic E-state index is -0.199. The summed E-state index contributed by atoms with van der Waals surface area (Å²) in [5.74, 6) is -0.199. The number of aromatic nitrogens is 1. The average Bonchev–Trinajstić information content (AvgIpc) is 1.86. The second-order valence-electron chi connectivity index (χ2n) is 0.778. The van der Waals surface area contributed by atoms with E-state index in [1.807, 2.05) is 0 Å². The third-order valence-electron chi connectivity index (χ3n) is 0.378.